The van der Waals surface area contributed by atoms with Crippen LogP contribution in [-0.2, 0) is 9.53 Å². The lowest BCUT2D eigenvalue weighted by Crippen LogP contribution is -2.44. The lowest BCUT2D eigenvalue weighted by molar-refractivity contribution is -0.122. The van der Waals surface area contributed by atoms with E-state index >= 15 is 0 Å². The van der Waals surface area contributed by atoms with Crippen LogP contribution in [0.3, 0.4) is 0 Å². The van der Waals surface area contributed by atoms with Crippen LogP contribution in [0.4, 0.5) is 0 Å². The van der Waals surface area contributed by atoms with E-state index in [1.54, 1.807) is 7.11 Å². The Morgan fingerprint density at radius 2 is 2.00 bits per heavy atom. The third kappa shape index (κ3) is 5.22. The van der Waals surface area contributed by atoms with Gasteiger partial charge >= 0.3 is 0 Å². The number of carbonyl (C=O) groups excluding carboxylic acids is 1. The van der Waals surface area contributed by atoms with Crippen molar-refractivity contribution in [2.24, 2.45) is 5.92 Å². The standard InChI is InChI=1S/C18H28N2O3/c1-14(2)12-18(21)19-13-16(20-8-10-23-11-9-20)15-6-4-5-7-17(15)22-3/h4-7,14,16H,8-13H2,1-3H3,(H,19,21). The minimum Gasteiger partial charge on any atom is -0.496 e. The van der Waals surface area contributed by atoms with E-state index in [0.717, 1.165) is 37.6 Å². The number of rotatable bonds is 7. The first-order chi connectivity index (χ1) is 11.1. The molecule has 0 aromatic heterocycles. The second-order valence-corrected chi connectivity index (χ2v) is 6.31. The van der Waals surface area contributed by atoms with Crippen LogP contribution in [0.2, 0.25) is 0 Å². The summed E-state index contributed by atoms with van der Waals surface area (Å²) in [5.74, 6) is 1.33. The Morgan fingerprint density at radius 3 is 2.65 bits per heavy atom. The summed E-state index contributed by atoms with van der Waals surface area (Å²) in [4.78, 5) is 14.4. The molecule has 2 rings (SSSR count). The number of hydrogen-bond donors (Lipinski definition) is 1. The highest BCUT2D eigenvalue weighted by atomic mass is 16.5. The maximum absolute atomic E-state index is 12.0. The number of benzene rings is 1. The molecule has 1 amide bonds. The third-order valence-electron chi connectivity index (χ3n) is 4.07. The molecule has 1 aromatic rings. The van der Waals surface area contributed by atoms with Gasteiger partial charge < -0.3 is 14.8 Å². The number of ether oxygens (including phenoxy) is 2. The SMILES string of the molecule is COc1ccccc1C(CNC(=O)CC(C)C)N1CCOCC1. The van der Waals surface area contributed by atoms with Gasteiger partial charge in [0.2, 0.25) is 5.91 Å². The van der Waals surface area contributed by atoms with Gasteiger partial charge in [0.25, 0.3) is 0 Å². The van der Waals surface area contributed by atoms with Crippen LogP contribution < -0.4 is 10.1 Å². The fourth-order valence-corrected chi connectivity index (χ4v) is 2.92. The summed E-state index contributed by atoms with van der Waals surface area (Å²) >= 11 is 0. The molecule has 1 fully saturated rings. The van der Waals surface area contributed by atoms with Gasteiger partial charge in [0.1, 0.15) is 5.75 Å². The fraction of sp³-hybridized carbons (Fsp3) is 0.611. The Kier molecular flexibility index (Phi) is 6.86. The molecule has 0 radical (unpaired) electrons. The minimum atomic E-state index is 0.103. The maximum atomic E-state index is 12.0. The van der Waals surface area contributed by atoms with Crippen molar-refractivity contribution in [3.8, 4) is 5.75 Å². The van der Waals surface area contributed by atoms with E-state index in [0.29, 0.717) is 18.9 Å². The van der Waals surface area contributed by atoms with Gasteiger partial charge in [-0.05, 0) is 12.0 Å². The average Bonchev–Trinajstić information content (AvgIpc) is 2.56. The topological polar surface area (TPSA) is 50.8 Å². The Bertz CT molecular complexity index is 499. The molecule has 1 atom stereocenters. The molecule has 1 N–H and O–H groups in total. The van der Waals surface area contributed by atoms with Crippen molar-refractivity contribution in [1.82, 2.24) is 10.2 Å². The fourth-order valence-electron chi connectivity index (χ4n) is 2.92. The summed E-state index contributed by atoms with van der Waals surface area (Å²) < 4.78 is 11.0. The predicted molar refractivity (Wildman–Crippen MR) is 90.6 cm³/mol. The molecular formula is C18H28N2O3. The maximum Gasteiger partial charge on any atom is 0.220 e. The number of carbonyl (C=O) groups is 1. The highest BCUT2D eigenvalue weighted by Crippen LogP contribution is 2.29. The summed E-state index contributed by atoms with van der Waals surface area (Å²) in [7, 11) is 1.69. The number of nitrogens with zero attached hydrogens (tertiary/aromatic N) is 1. The number of morpholine rings is 1. The molecule has 128 valence electrons. The van der Waals surface area contributed by atoms with Crippen LogP contribution in [0.1, 0.15) is 31.9 Å². The Balaban J connectivity index is 2.13. The minimum absolute atomic E-state index is 0.103. The van der Waals surface area contributed by atoms with Crippen LogP contribution in [0.15, 0.2) is 24.3 Å². The first kappa shape index (κ1) is 17.8. The van der Waals surface area contributed by atoms with Gasteiger partial charge in [-0.15, -0.1) is 0 Å². The van der Waals surface area contributed by atoms with E-state index in [-0.39, 0.29) is 11.9 Å². The molecule has 23 heavy (non-hydrogen) atoms. The summed E-state index contributed by atoms with van der Waals surface area (Å²) in [5.41, 5.74) is 1.11. The van der Waals surface area contributed by atoms with E-state index in [2.05, 4.69) is 30.1 Å². The lowest BCUT2D eigenvalue weighted by Gasteiger charge is -2.35. The number of methoxy groups -OCH3 is 1. The number of nitrogens with one attached hydrogen (secondary N) is 1. The largest absolute Gasteiger partial charge is 0.496 e. The zero-order chi connectivity index (χ0) is 16.7. The van der Waals surface area contributed by atoms with Gasteiger partial charge in [-0.3, -0.25) is 9.69 Å². The van der Waals surface area contributed by atoms with Crippen LogP contribution in [0, 0.1) is 5.92 Å². The molecule has 0 saturated carbocycles. The number of hydrogen-bond acceptors (Lipinski definition) is 4. The third-order valence-corrected chi connectivity index (χ3v) is 4.07. The van der Waals surface area contributed by atoms with E-state index in [1.807, 2.05) is 18.2 Å². The van der Waals surface area contributed by atoms with Crippen molar-refractivity contribution >= 4 is 5.91 Å². The van der Waals surface area contributed by atoms with Gasteiger partial charge in [0.05, 0.1) is 26.4 Å². The number of amides is 1. The van der Waals surface area contributed by atoms with Gasteiger partial charge in [-0.2, -0.15) is 0 Å². The van der Waals surface area contributed by atoms with Crippen LogP contribution >= 0.6 is 0 Å². The number of para-hydroxylation sites is 1. The Labute approximate surface area is 139 Å². The van der Waals surface area contributed by atoms with Crippen molar-refractivity contribution in [3.63, 3.8) is 0 Å². The summed E-state index contributed by atoms with van der Waals surface area (Å²) in [6.45, 7) is 7.88. The van der Waals surface area contributed by atoms with Gasteiger partial charge in [-0.1, -0.05) is 32.0 Å². The van der Waals surface area contributed by atoms with Gasteiger partial charge in [0, 0.05) is 31.6 Å². The zero-order valence-electron chi connectivity index (χ0n) is 14.4. The first-order valence-corrected chi connectivity index (χ1v) is 8.33. The van der Waals surface area contributed by atoms with Crippen LogP contribution in [0.25, 0.3) is 0 Å². The Morgan fingerprint density at radius 1 is 1.30 bits per heavy atom. The monoisotopic (exact) mass is 320 g/mol. The molecule has 1 aliphatic rings. The van der Waals surface area contributed by atoms with E-state index in [4.69, 9.17) is 9.47 Å². The van der Waals surface area contributed by atoms with E-state index < -0.39 is 0 Å². The highest BCUT2D eigenvalue weighted by molar-refractivity contribution is 5.76. The highest BCUT2D eigenvalue weighted by Gasteiger charge is 2.25. The molecule has 0 spiro atoms. The smallest absolute Gasteiger partial charge is 0.220 e. The van der Waals surface area contributed by atoms with Crippen molar-refractivity contribution in [2.75, 3.05) is 40.0 Å². The quantitative estimate of drug-likeness (QED) is 0.837. The second-order valence-electron chi connectivity index (χ2n) is 6.31. The van der Waals surface area contributed by atoms with E-state index in [9.17, 15) is 4.79 Å². The molecule has 0 aliphatic carbocycles. The first-order valence-electron chi connectivity index (χ1n) is 8.33. The zero-order valence-corrected chi connectivity index (χ0v) is 14.4. The molecule has 1 aliphatic heterocycles. The molecule has 5 nitrogen and oxygen atoms in total. The molecule has 1 saturated heterocycles. The molecule has 5 heteroatoms. The molecule has 1 unspecified atom stereocenters. The summed E-state index contributed by atoms with van der Waals surface area (Å²) in [6.07, 6.45) is 0.557. The lowest BCUT2D eigenvalue weighted by atomic mass is 10.0. The van der Waals surface area contributed by atoms with Gasteiger partial charge in [-0.25, -0.2) is 0 Å². The average molecular weight is 320 g/mol. The summed E-state index contributed by atoms with van der Waals surface area (Å²) in [6, 6.07) is 8.13. The Hall–Kier alpha value is -1.59. The van der Waals surface area contributed by atoms with Crippen LogP contribution in [-0.4, -0.2) is 50.8 Å². The molecule has 1 aromatic carbocycles. The normalized spacial score (nSPS) is 17.0. The second kappa shape index (κ2) is 8.89. The van der Waals surface area contributed by atoms with Crippen molar-refractivity contribution in [3.05, 3.63) is 29.8 Å². The van der Waals surface area contributed by atoms with E-state index in [1.165, 1.54) is 0 Å². The van der Waals surface area contributed by atoms with Crippen LogP contribution in [0.5, 0.6) is 5.75 Å². The molecule has 0 bridgehead atoms. The van der Waals surface area contributed by atoms with Crippen molar-refractivity contribution < 1.29 is 14.3 Å². The van der Waals surface area contributed by atoms with Gasteiger partial charge in [0.15, 0.2) is 0 Å². The van der Waals surface area contributed by atoms with Crippen molar-refractivity contribution in [2.45, 2.75) is 26.3 Å². The van der Waals surface area contributed by atoms with Crippen molar-refractivity contribution in [1.29, 1.82) is 0 Å². The summed E-state index contributed by atoms with van der Waals surface area (Å²) in [5, 5.41) is 3.08. The molecule has 1 heterocycles. The predicted octanol–water partition coefficient (Wildman–Crippen LogP) is 2.23. The molecular weight excluding hydrogens is 292 g/mol.